The number of carbonyl (C=O) groups is 2. The van der Waals surface area contributed by atoms with Gasteiger partial charge in [-0.1, -0.05) is 0 Å². The summed E-state index contributed by atoms with van der Waals surface area (Å²) in [4.78, 5) is 36.8. The third-order valence-electron chi connectivity index (χ3n) is 4.86. The topological polar surface area (TPSA) is 88.8 Å². The number of benzene rings is 1. The molecule has 1 N–H and O–H groups in total. The van der Waals surface area contributed by atoms with Gasteiger partial charge in [0.1, 0.15) is 11.3 Å². The molecule has 25 heavy (non-hydrogen) atoms. The predicted octanol–water partition coefficient (Wildman–Crippen LogP) is 0.909. The third kappa shape index (κ3) is 3.22. The summed E-state index contributed by atoms with van der Waals surface area (Å²) in [5.41, 5.74) is -0.00543. The molecule has 0 aliphatic carbocycles. The van der Waals surface area contributed by atoms with Gasteiger partial charge >= 0.3 is 5.63 Å². The summed E-state index contributed by atoms with van der Waals surface area (Å²) in [7, 11) is 0. The average molecular weight is 342 g/mol. The molecule has 1 aromatic carbocycles. The maximum absolute atomic E-state index is 12.4. The summed E-state index contributed by atoms with van der Waals surface area (Å²) in [6, 6.07) is 8.21. The molecule has 4 rings (SSSR count). The first-order valence-corrected chi connectivity index (χ1v) is 8.32. The van der Waals surface area contributed by atoms with Crippen LogP contribution in [-0.2, 0) is 9.59 Å². The van der Waals surface area contributed by atoms with E-state index in [1.54, 1.807) is 29.2 Å². The number of nitrogens with one attached hydrogen (secondary N) is 1. The molecule has 2 aliphatic rings. The molecule has 0 bridgehead atoms. The highest BCUT2D eigenvalue weighted by molar-refractivity contribution is 5.81. The molecule has 7 nitrogen and oxygen atoms in total. The fraction of sp³-hybridized carbons (Fsp3) is 0.389. The first-order valence-electron chi connectivity index (χ1n) is 8.32. The molecule has 0 radical (unpaired) electrons. The quantitative estimate of drug-likeness (QED) is 0.838. The Kier molecular flexibility index (Phi) is 3.91. The van der Waals surface area contributed by atoms with Gasteiger partial charge in [0.15, 0.2) is 6.61 Å². The lowest BCUT2D eigenvalue weighted by atomic mass is 9.92. The van der Waals surface area contributed by atoms with E-state index in [1.165, 1.54) is 6.07 Å². The van der Waals surface area contributed by atoms with E-state index in [9.17, 15) is 14.4 Å². The van der Waals surface area contributed by atoms with Crippen molar-refractivity contribution in [1.82, 2.24) is 10.2 Å². The van der Waals surface area contributed by atoms with Crippen molar-refractivity contribution >= 4 is 22.8 Å². The van der Waals surface area contributed by atoms with E-state index in [2.05, 4.69) is 5.32 Å². The first kappa shape index (κ1) is 15.7. The molecule has 1 aromatic heterocycles. The number of hydrogen-bond donors (Lipinski definition) is 1. The average Bonchev–Trinajstić information content (AvgIpc) is 2.98. The lowest BCUT2D eigenvalue weighted by Gasteiger charge is -2.34. The molecule has 0 spiro atoms. The van der Waals surface area contributed by atoms with Gasteiger partial charge in [-0.15, -0.1) is 0 Å². The van der Waals surface area contributed by atoms with Crippen LogP contribution in [0.15, 0.2) is 39.5 Å². The van der Waals surface area contributed by atoms with Crippen molar-refractivity contribution in [3.63, 3.8) is 0 Å². The van der Waals surface area contributed by atoms with Crippen molar-refractivity contribution in [2.45, 2.75) is 18.9 Å². The van der Waals surface area contributed by atoms with Crippen LogP contribution in [0.4, 0.5) is 0 Å². The van der Waals surface area contributed by atoms with E-state index >= 15 is 0 Å². The Labute approximate surface area is 143 Å². The normalized spacial score (nSPS) is 22.6. The minimum Gasteiger partial charge on any atom is -0.484 e. The van der Waals surface area contributed by atoms with Crippen LogP contribution in [0, 0.1) is 5.92 Å². The van der Waals surface area contributed by atoms with Crippen molar-refractivity contribution < 1.29 is 18.7 Å². The molecular formula is C18H18N2O5. The molecule has 2 aliphatic heterocycles. The minimum atomic E-state index is -0.429. The highest BCUT2D eigenvalue weighted by atomic mass is 16.5. The summed E-state index contributed by atoms with van der Waals surface area (Å²) in [5.74, 6) is 0.757. The number of nitrogens with zero attached hydrogens (tertiary/aromatic N) is 1. The zero-order valence-corrected chi connectivity index (χ0v) is 13.6. The Balaban J connectivity index is 1.38. The van der Waals surface area contributed by atoms with Crippen LogP contribution in [0.25, 0.3) is 11.0 Å². The summed E-state index contributed by atoms with van der Waals surface area (Å²) < 4.78 is 10.7. The first-order chi connectivity index (χ1) is 12.1. The SMILES string of the molecule is O=C1C[C@H]2CCN(C(=O)COc3ccc4ccc(=O)oc4c3)C[C@H]2N1. The number of amides is 2. The van der Waals surface area contributed by atoms with Crippen LogP contribution in [0.2, 0.25) is 0 Å². The smallest absolute Gasteiger partial charge is 0.336 e. The third-order valence-corrected chi connectivity index (χ3v) is 4.86. The van der Waals surface area contributed by atoms with Gasteiger partial charge in [0, 0.05) is 43.1 Å². The van der Waals surface area contributed by atoms with Crippen LogP contribution < -0.4 is 15.7 Å². The van der Waals surface area contributed by atoms with Crippen molar-refractivity contribution in [1.29, 1.82) is 0 Å². The van der Waals surface area contributed by atoms with E-state index in [-0.39, 0.29) is 24.5 Å². The monoisotopic (exact) mass is 342 g/mol. The Bertz CT molecular complexity index is 890. The van der Waals surface area contributed by atoms with Crippen LogP contribution >= 0.6 is 0 Å². The molecule has 0 unspecified atom stereocenters. The summed E-state index contributed by atoms with van der Waals surface area (Å²) in [5, 5.41) is 3.71. The van der Waals surface area contributed by atoms with Crippen molar-refractivity contribution in [2.24, 2.45) is 5.92 Å². The fourth-order valence-electron chi connectivity index (χ4n) is 3.51. The number of carbonyl (C=O) groups excluding carboxylic acids is 2. The summed E-state index contributed by atoms with van der Waals surface area (Å²) in [6.07, 6.45) is 1.39. The second-order valence-corrected chi connectivity index (χ2v) is 6.51. The van der Waals surface area contributed by atoms with Gasteiger partial charge in [-0.2, -0.15) is 0 Å². The maximum Gasteiger partial charge on any atom is 0.336 e. The molecule has 0 saturated carbocycles. The minimum absolute atomic E-state index is 0.0557. The van der Waals surface area contributed by atoms with Crippen LogP contribution in [-0.4, -0.2) is 42.5 Å². The van der Waals surface area contributed by atoms with E-state index in [0.717, 1.165) is 11.8 Å². The molecule has 130 valence electrons. The van der Waals surface area contributed by atoms with Crippen LogP contribution in [0.5, 0.6) is 5.75 Å². The van der Waals surface area contributed by atoms with E-state index in [4.69, 9.17) is 9.15 Å². The van der Waals surface area contributed by atoms with Crippen molar-refractivity contribution in [3.05, 3.63) is 40.8 Å². The number of piperidine rings is 1. The second kappa shape index (κ2) is 6.23. The number of hydrogen-bond acceptors (Lipinski definition) is 5. The van der Waals surface area contributed by atoms with Crippen LogP contribution in [0.3, 0.4) is 0 Å². The Morgan fingerprint density at radius 2 is 2.12 bits per heavy atom. The molecule has 7 heteroatoms. The Hall–Kier alpha value is -2.83. The fourth-order valence-corrected chi connectivity index (χ4v) is 3.51. The van der Waals surface area contributed by atoms with Gasteiger partial charge in [-0.25, -0.2) is 4.79 Å². The van der Waals surface area contributed by atoms with Crippen LogP contribution in [0.1, 0.15) is 12.8 Å². The van der Waals surface area contributed by atoms with Crippen molar-refractivity contribution in [3.8, 4) is 5.75 Å². The van der Waals surface area contributed by atoms with Gasteiger partial charge in [0.25, 0.3) is 5.91 Å². The summed E-state index contributed by atoms with van der Waals surface area (Å²) in [6.45, 7) is 1.09. The maximum atomic E-state index is 12.4. The Morgan fingerprint density at radius 1 is 1.28 bits per heavy atom. The molecule has 2 aromatic rings. The Morgan fingerprint density at radius 3 is 3.00 bits per heavy atom. The van der Waals surface area contributed by atoms with Gasteiger partial charge in [0.2, 0.25) is 5.91 Å². The number of rotatable bonds is 3. The molecule has 2 atom stereocenters. The lowest BCUT2D eigenvalue weighted by molar-refractivity contribution is -0.135. The van der Waals surface area contributed by atoms with Gasteiger partial charge in [0.05, 0.1) is 0 Å². The number of likely N-dealkylation sites (tertiary alicyclic amines) is 1. The highest BCUT2D eigenvalue weighted by Gasteiger charge is 2.38. The lowest BCUT2D eigenvalue weighted by Crippen LogP contribution is -2.50. The van der Waals surface area contributed by atoms with Crippen molar-refractivity contribution in [2.75, 3.05) is 19.7 Å². The zero-order valence-electron chi connectivity index (χ0n) is 13.6. The molecule has 2 amide bonds. The molecule has 3 heterocycles. The van der Waals surface area contributed by atoms with E-state index in [0.29, 0.717) is 36.8 Å². The number of fused-ring (bicyclic) bond motifs is 2. The number of ether oxygens (including phenoxy) is 1. The van der Waals surface area contributed by atoms with Gasteiger partial charge < -0.3 is 19.4 Å². The molecule has 2 saturated heterocycles. The van der Waals surface area contributed by atoms with Gasteiger partial charge in [-0.05, 0) is 30.5 Å². The summed E-state index contributed by atoms with van der Waals surface area (Å²) >= 11 is 0. The highest BCUT2D eigenvalue weighted by Crippen LogP contribution is 2.26. The van der Waals surface area contributed by atoms with Gasteiger partial charge in [-0.3, -0.25) is 9.59 Å². The predicted molar refractivity (Wildman–Crippen MR) is 89.2 cm³/mol. The molecule has 2 fully saturated rings. The standard InChI is InChI=1S/C18H18N2O5/c21-16-7-12-5-6-20(9-14(12)19-16)17(22)10-24-13-3-1-11-2-4-18(23)25-15(11)8-13/h1-4,8,12,14H,5-7,9-10H2,(H,19,21)/t12-,14-/m1/s1. The largest absolute Gasteiger partial charge is 0.484 e. The molecular weight excluding hydrogens is 324 g/mol. The second-order valence-electron chi connectivity index (χ2n) is 6.51. The zero-order chi connectivity index (χ0) is 17.4. The van der Waals surface area contributed by atoms with E-state index in [1.807, 2.05) is 0 Å². The van der Waals surface area contributed by atoms with E-state index < -0.39 is 5.63 Å².